The van der Waals surface area contributed by atoms with Crippen LogP contribution < -0.4 is 10.6 Å². The van der Waals surface area contributed by atoms with Gasteiger partial charge in [-0.05, 0) is 17.7 Å². The van der Waals surface area contributed by atoms with Gasteiger partial charge in [-0.1, -0.05) is 36.4 Å². The van der Waals surface area contributed by atoms with Gasteiger partial charge in [0.25, 0.3) is 5.91 Å². The number of carbonyl (C=O) groups is 2. The zero-order chi connectivity index (χ0) is 18.4. The summed E-state index contributed by atoms with van der Waals surface area (Å²) in [6.45, 7) is 0.311. The standard InChI is InChI=1S/C19H19N5O2/c1-24-17(22-18(25)11-14-7-3-2-4-8-14)12-16(23-24)19(26)21-13-15-9-5-6-10-20-15/h2-10,12H,11,13H2,1H3,(H,21,26)(H,22,25). The number of nitrogens with one attached hydrogen (secondary N) is 2. The highest BCUT2D eigenvalue weighted by atomic mass is 16.2. The summed E-state index contributed by atoms with van der Waals surface area (Å²) in [4.78, 5) is 28.5. The molecule has 0 atom stereocenters. The first-order valence-corrected chi connectivity index (χ1v) is 8.18. The maximum Gasteiger partial charge on any atom is 0.272 e. The number of carbonyl (C=O) groups excluding carboxylic acids is 2. The predicted octanol–water partition coefficient (Wildman–Crippen LogP) is 1.93. The predicted molar refractivity (Wildman–Crippen MR) is 97.4 cm³/mol. The normalized spacial score (nSPS) is 10.3. The number of benzene rings is 1. The van der Waals surface area contributed by atoms with Gasteiger partial charge < -0.3 is 10.6 Å². The molecule has 0 saturated carbocycles. The van der Waals surface area contributed by atoms with Gasteiger partial charge in [0, 0.05) is 19.3 Å². The van der Waals surface area contributed by atoms with Crippen molar-refractivity contribution in [1.29, 1.82) is 0 Å². The summed E-state index contributed by atoms with van der Waals surface area (Å²) in [5, 5.41) is 9.69. The number of pyridine rings is 1. The molecule has 0 spiro atoms. The summed E-state index contributed by atoms with van der Waals surface area (Å²) in [5.41, 5.74) is 1.91. The number of rotatable bonds is 6. The Labute approximate surface area is 151 Å². The summed E-state index contributed by atoms with van der Waals surface area (Å²) < 4.78 is 1.47. The van der Waals surface area contributed by atoms with Crippen LogP contribution in [0.3, 0.4) is 0 Å². The van der Waals surface area contributed by atoms with Gasteiger partial charge in [-0.25, -0.2) is 0 Å². The van der Waals surface area contributed by atoms with E-state index in [4.69, 9.17) is 0 Å². The van der Waals surface area contributed by atoms with E-state index < -0.39 is 0 Å². The van der Waals surface area contributed by atoms with E-state index >= 15 is 0 Å². The number of amides is 2. The van der Waals surface area contributed by atoms with Crippen molar-refractivity contribution in [3.63, 3.8) is 0 Å². The average molecular weight is 349 g/mol. The topological polar surface area (TPSA) is 88.9 Å². The Morgan fingerprint density at radius 2 is 1.85 bits per heavy atom. The summed E-state index contributed by atoms with van der Waals surface area (Å²) in [6.07, 6.45) is 1.93. The SMILES string of the molecule is Cn1nc(C(=O)NCc2ccccn2)cc1NC(=O)Cc1ccccc1. The summed E-state index contributed by atoms with van der Waals surface area (Å²) >= 11 is 0. The minimum atomic E-state index is -0.324. The van der Waals surface area contributed by atoms with E-state index in [1.54, 1.807) is 19.3 Å². The van der Waals surface area contributed by atoms with Crippen LogP contribution in [0.15, 0.2) is 60.8 Å². The van der Waals surface area contributed by atoms with E-state index in [0.29, 0.717) is 12.4 Å². The molecule has 1 aromatic carbocycles. The maximum absolute atomic E-state index is 12.2. The molecule has 0 bridgehead atoms. The Morgan fingerprint density at radius 1 is 1.08 bits per heavy atom. The smallest absolute Gasteiger partial charge is 0.272 e. The minimum Gasteiger partial charge on any atom is -0.345 e. The fraction of sp³-hybridized carbons (Fsp3) is 0.158. The number of nitrogens with zero attached hydrogens (tertiary/aromatic N) is 3. The third-order valence-corrected chi connectivity index (χ3v) is 3.74. The molecule has 7 heteroatoms. The molecular formula is C19H19N5O2. The van der Waals surface area contributed by atoms with Crippen molar-refractivity contribution in [3.05, 3.63) is 77.7 Å². The Bertz CT molecular complexity index is 891. The van der Waals surface area contributed by atoms with Crippen molar-refractivity contribution in [2.75, 3.05) is 5.32 Å². The van der Waals surface area contributed by atoms with E-state index in [0.717, 1.165) is 11.3 Å². The fourth-order valence-electron chi connectivity index (χ4n) is 2.43. The molecule has 2 heterocycles. The van der Waals surface area contributed by atoms with Gasteiger partial charge in [-0.3, -0.25) is 19.3 Å². The molecule has 7 nitrogen and oxygen atoms in total. The molecule has 2 N–H and O–H groups in total. The molecule has 3 aromatic rings. The van der Waals surface area contributed by atoms with Crippen LogP contribution in [0.4, 0.5) is 5.82 Å². The molecule has 26 heavy (non-hydrogen) atoms. The fourth-order valence-corrected chi connectivity index (χ4v) is 2.43. The zero-order valence-corrected chi connectivity index (χ0v) is 14.3. The Hall–Kier alpha value is -3.48. The van der Waals surface area contributed by atoms with Crippen molar-refractivity contribution in [2.24, 2.45) is 7.05 Å². The van der Waals surface area contributed by atoms with Gasteiger partial charge in [0.1, 0.15) is 5.82 Å². The van der Waals surface area contributed by atoms with E-state index in [9.17, 15) is 9.59 Å². The monoisotopic (exact) mass is 349 g/mol. The lowest BCUT2D eigenvalue weighted by atomic mass is 10.1. The number of aromatic nitrogens is 3. The first kappa shape index (κ1) is 17.3. The molecule has 0 radical (unpaired) electrons. The van der Waals surface area contributed by atoms with Crippen LogP contribution in [-0.2, 0) is 24.8 Å². The van der Waals surface area contributed by atoms with Gasteiger partial charge in [-0.2, -0.15) is 5.10 Å². The molecule has 0 fully saturated rings. The van der Waals surface area contributed by atoms with E-state index in [1.807, 2.05) is 48.5 Å². The van der Waals surface area contributed by atoms with Crippen LogP contribution in [0.1, 0.15) is 21.7 Å². The van der Waals surface area contributed by atoms with Crippen LogP contribution in [0.5, 0.6) is 0 Å². The lowest BCUT2D eigenvalue weighted by molar-refractivity contribution is -0.115. The Morgan fingerprint density at radius 3 is 2.58 bits per heavy atom. The summed E-state index contributed by atoms with van der Waals surface area (Å²) in [6, 6.07) is 16.5. The van der Waals surface area contributed by atoms with E-state index in [1.165, 1.54) is 4.68 Å². The first-order valence-electron chi connectivity index (χ1n) is 8.18. The van der Waals surface area contributed by atoms with Gasteiger partial charge >= 0.3 is 0 Å². The number of hydrogen-bond donors (Lipinski definition) is 2. The number of anilines is 1. The van der Waals surface area contributed by atoms with E-state index in [2.05, 4.69) is 20.7 Å². The zero-order valence-electron chi connectivity index (χ0n) is 14.3. The van der Waals surface area contributed by atoms with Gasteiger partial charge in [0.2, 0.25) is 5.91 Å². The molecule has 3 rings (SSSR count). The third-order valence-electron chi connectivity index (χ3n) is 3.74. The number of aryl methyl sites for hydroxylation is 1. The molecule has 0 aliphatic rings. The van der Waals surface area contributed by atoms with Gasteiger partial charge in [0.05, 0.1) is 18.7 Å². The minimum absolute atomic E-state index is 0.167. The van der Waals surface area contributed by atoms with Crippen molar-refractivity contribution in [2.45, 2.75) is 13.0 Å². The summed E-state index contributed by atoms with van der Waals surface area (Å²) in [5.74, 6) is -0.0247. The van der Waals surface area contributed by atoms with Crippen LogP contribution in [0, 0.1) is 0 Å². The third kappa shape index (κ3) is 4.54. The quantitative estimate of drug-likeness (QED) is 0.712. The van der Waals surface area contributed by atoms with Crippen molar-refractivity contribution in [1.82, 2.24) is 20.1 Å². The molecule has 132 valence electrons. The Kier molecular flexibility index (Phi) is 5.38. The molecular weight excluding hydrogens is 330 g/mol. The summed E-state index contributed by atoms with van der Waals surface area (Å²) in [7, 11) is 1.67. The second-order valence-corrected chi connectivity index (χ2v) is 5.75. The molecule has 0 saturated heterocycles. The molecule has 2 aromatic heterocycles. The molecule has 0 aliphatic carbocycles. The molecule has 0 unspecified atom stereocenters. The highest BCUT2D eigenvalue weighted by molar-refractivity contribution is 5.95. The van der Waals surface area contributed by atoms with Gasteiger partial charge in [-0.15, -0.1) is 0 Å². The number of hydrogen-bond acceptors (Lipinski definition) is 4. The lowest BCUT2D eigenvalue weighted by Crippen LogP contribution is -2.23. The second-order valence-electron chi connectivity index (χ2n) is 5.75. The van der Waals surface area contributed by atoms with Crippen LogP contribution in [-0.4, -0.2) is 26.6 Å². The average Bonchev–Trinajstić information content (AvgIpc) is 3.02. The molecule has 0 aliphatic heterocycles. The lowest BCUT2D eigenvalue weighted by Gasteiger charge is -2.04. The Balaban J connectivity index is 1.59. The maximum atomic E-state index is 12.2. The molecule has 2 amide bonds. The highest BCUT2D eigenvalue weighted by Gasteiger charge is 2.14. The van der Waals surface area contributed by atoms with Crippen molar-refractivity contribution < 1.29 is 9.59 Å². The van der Waals surface area contributed by atoms with Crippen LogP contribution in [0.25, 0.3) is 0 Å². The van der Waals surface area contributed by atoms with Crippen LogP contribution >= 0.6 is 0 Å². The second kappa shape index (κ2) is 8.06. The van der Waals surface area contributed by atoms with Gasteiger partial charge in [0.15, 0.2) is 5.69 Å². The van der Waals surface area contributed by atoms with Crippen molar-refractivity contribution >= 4 is 17.6 Å². The highest BCUT2D eigenvalue weighted by Crippen LogP contribution is 2.10. The van der Waals surface area contributed by atoms with Crippen LogP contribution in [0.2, 0.25) is 0 Å². The largest absolute Gasteiger partial charge is 0.345 e. The first-order chi connectivity index (χ1) is 12.6. The van der Waals surface area contributed by atoms with Crippen molar-refractivity contribution in [3.8, 4) is 0 Å². The van der Waals surface area contributed by atoms with E-state index in [-0.39, 0.29) is 23.9 Å².